The molecule has 1 fully saturated rings. The fourth-order valence-electron chi connectivity index (χ4n) is 2.52. The van der Waals surface area contributed by atoms with Gasteiger partial charge in [0.25, 0.3) is 0 Å². The molecule has 2 heterocycles. The van der Waals surface area contributed by atoms with Gasteiger partial charge < -0.3 is 10.2 Å². The summed E-state index contributed by atoms with van der Waals surface area (Å²) in [6, 6.07) is 8.05. The fourth-order valence-corrected chi connectivity index (χ4v) is 2.52. The van der Waals surface area contributed by atoms with Gasteiger partial charge in [-0.15, -0.1) is 0 Å². The number of fused-ring (bicyclic) bond motifs is 1. The van der Waals surface area contributed by atoms with E-state index in [4.69, 9.17) is 0 Å². The maximum Gasteiger partial charge on any atom is 0.231 e. The van der Waals surface area contributed by atoms with Crippen LogP contribution in [-0.2, 0) is 16.1 Å². The van der Waals surface area contributed by atoms with Crippen molar-refractivity contribution in [3.8, 4) is 0 Å². The van der Waals surface area contributed by atoms with Crippen LogP contribution in [0.2, 0.25) is 0 Å². The summed E-state index contributed by atoms with van der Waals surface area (Å²) in [5.74, 6) is -0.0763. The Hall–Kier alpha value is -2.10. The summed E-state index contributed by atoms with van der Waals surface area (Å²) in [6.07, 6.45) is 4.26. The van der Waals surface area contributed by atoms with Crippen molar-refractivity contribution in [2.24, 2.45) is 5.92 Å². The summed E-state index contributed by atoms with van der Waals surface area (Å²) in [7, 11) is 0. The third-order valence-corrected chi connectivity index (χ3v) is 3.86. The number of hydrogen-bond donors (Lipinski definition) is 1. The van der Waals surface area contributed by atoms with Gasteiger partial charge in [0, 0.05) is 18.7 Å². The van der Waals surface area contributed by atoms with Gasteiger partial charge in [-0.1, -0.05) is 31.2 Å². The summed E-state index contributed by atoms with van der Waals surface area (Å²) in [6.45, 7) is 2.48. The Bertz CT molecular complexity index is 557. The van der Waals surface area contributed by atoms with Crippen LogP contribution in [0.5, 0.6) is 0 Å². The predicted molar refractivity (Wildman–Crippen MR) is 71.7 cm³/mol. The van der Waals surface area contributed by atoms with E-state index in [1.165, 1.54) is 0 Å². The van der Waals surface area contributed by atoms with Gasteiger partial charge in [-0.05, 0) is 17.2 Å². The Kier molecular flexibility index (Phi) is 2.85. The molecule has 2 aliphatic rings. The molecule has 1 aromatic rings. The molecule has 3 rings (SSSR count). The molecule has 2 atom stereocenters. The SMILES string of the molecule is CC(C(=O)N1C=Cc2ccccc2C1)C1CC(=O)N1. The Labute approximate surface area is 112 Å². The Morgan fingerprint density at radius 1 is 1.42 bits per heavy atom. The zero-order valence-corrected chi connectivity index (χ0v) is 10.8. The monoisotopic (exact) mass is 256 g/mol. The van der Waals surface area contributed by atoms with Crippen LogP contribution < -0.4 is 5.32 Å². The van der Waals surface area contributed by atoms with Gasteiger partial charge >= 0.3 is 0 Å². The van der Waals surface area contributed by atoms with Crippen LogP contribution in [-0.4, -0.2) is 22.8 Å². The second-order valence-corrected chi connectivity index (χ2v) is 5.15. The van der Waals surface area contributed by atoms with Crippen molar-refractivity contribution >= 4 is 17.9 Å². The number of rotatable bonds is 2. The van der Waals surface area contributed by atoms with Crippen LogP contribution in [0.4, 0.5) is 0 Å². The Morgan fingerprint density at radius 3 is 2.89 bits per heavy atom. The molecule has 1 saturated heterocycles. The number of amides is 2. The van der Waals surface area contributed by atoms with Crippen molar-refractivity contribution in [2.45, 2.75) is 25.9 Å². The minimum atomic E-state index is -0.174. The Morgan fingerprint density at radius 2 is 2.16 bits per heavy atom. The minimum absolute atomic E-state index is 0.00873. The fraction of sp³-hybridized carbons (Fsp3) is 0.333. The normalized spacial score (nSPS) is 22.3. The molecule has 4 heteroatoms. The largest absolute Gasteiger partial charge is 0.352 e. The van der Waals surface area contributed by atoms with Gasteiger partial charge in [0.15, 0.2) is 0 Å². The zero-order valence-electron chi connectivity index (χ0n) is 10.8. The molecule has 98 valence electrons. The smallest absolute Gasteiger partial charge is 0.231 e. The lowest BCUT2D eigenvalue weighted by Gasteiger charge is -2.34. The van der Waals surface area contributed by atoms with Crippen LogP contribution in [0, 0.1) is 5.92 Å². The van der Waals surface area contributed by atoms with Gasteiger partial charge in [0.1, 0.15) is 0 Å². The summed E-state index contributed by atoms with van der Waals surface area (Å²) in [5.41, 5.74) is 2.32. The molecule has 1 aromatic carbocycles. The highest BCUT2D eigenvalue weighted by Gasteiger charge is 2.36. The second-order valence-electron chi connectivity index (χ2n) is 5.15. The third kappa shape index (κ3) is 2.14. The van der Waals surface area contributed by atoms with E-state index in [1.54, 1.807) is 4.90 Å². The van der Waals surface area contributed by atoms with Gasteiger partial charge in [-0.25, -0.2) is 0 Å². The van der Waals surface area contributed by atoms with Crippen molar-refractivity contribution in [3.05, 3.63) is 41.6 Å². The highest BCUT2D eigenvalue weighted by atomic mass is 16.2. The molecule has 4 nitrogen and oxygen atoms in total. The summed E-state index contributed by atoms with van der Waals surface area (Å²) < 4.78 is 0. The lowest BCUT2D eigenvalue weighted by molar-refractivity contribution is -0.138. The average Bonchev–Trinajstić information content (AvgIpc) is 2.42. The standard InChI is InChI=1S/C15H16N2O2/c1-10(13-8-14(18)16-13)15(19)17-7-6-11-4-2-3-5-12(11)9-17/h2-7,10,13H,8-9H2,1H3,(H,16,18). The van der Waals surface area contributed by atoms with Crippen LogP contribution in [0.15, 0.2) is 30.5 Å². The lowest BCUT2D eigenvalue weighted by atomic mass is 9.91. The van der Waals surface area contributed by atoms with Crippen molar-refractivity contribution in [1.29, 1.82) is 0 Å². The molecule has 2 aliphatic heterocycles. The molecular weight excluding hydrogens is 240 g/mol. The molecule has 0 radical (unpaired) electrons. The molecule has 2 unspecified atom stereocenters. The number of hydrogen-bond acceptors (Lipinski definition) is 2. The van der Waals surface area contributed by atoms with Gasteiger partial charge in [0.05, 0.1) is 12.5 Å². The first-order valence-electron chi connectivity index (χ1n) is 6.51. The summed E-state index contributed by atoms with van der Waals surface area (Å²) >= 11 is 0. The van der Waals surface area contributed by atoms with Crippen LogP contribution in [0.1, 0.15) is 24.5 Å². The number of nitrogens with zero attached hydrogens (tertiary/aromatic N) is 1. The van der Waals surface area contributed by atoms with E-state index in [1.807, 2.05) is 43.5 Å². The first-order chi connectivity index (χ1) is 9.15. The average molecular weight is 256 g/mol. The zero-order chi connectivity index (χ0) is 13.4. The number of carbonyl (C=O) groups excluding carboxylic acids is 2. The highest BCUT2D eigenvalue weighted by Crippen LogP contribution is 2.23. The van der Waals surface area contributed by atoms with Crippen molar-refractivity contribution in [3.63, 3.8) is 0 Å². The minimum Gasteiger partial charge on any atom is -0.352 e. The molecular formula is C15H16N2O2. The molecule has 2 amide bonds. The molecule has 0 aliphatic carbocycles. The summed E-state index contributed by atoms with van der Waals surface area (Å²) in [5, 5.41) is 2.77. The molecule has 0 saturated carbocycles. The van der Waals surface area contributed by atoms with E-state index >= 15 is 0 Å². The van der Waals surface area contributed by atoms with Crippen LogP contribution in [0.25, 0.3) is 6.08 Å². The number of carbonyl (C=O) groups is 2. The van der Waals surface area contributed by atoms with E-state index in [-0.39, 0.29) is 23.8 Å². The Balaban J connectivity index is 1.71. The maximum absolute atomic E-state index is 12.4. The lowest BCUT2D eigenvalue weighted by Crippen LogP contribution is -2.55. The molecule has 0 bridgehead atoms. The number of β-lactam (4-membered cyclic amide) rings is 1. The number of nitrogens with one attached hydrogen (secondary N) is 1. The van der Waals surface area contributed by atoms with Crippen LogP contribution >= 0.6 is 0 Å². The molecule has 0 aromatic heterocycles. The third-order valence-electron chi connectivity index (χ3n) is 3.86. The van der Waals surface area contributed by atoms with Gasteiger partial charge in [-0.3, -0.25) is 9.59 Å². The van der Waals surface area contributed by atoms with Gasteiger partial charge in [-0.2, -0.15) is 0 Å². The molecule has 19 heavy (non-hydrogen) atoms. The van der Waals surface area contributed by atoms with Gasteiger partial charge in [0.2, 0.25) is 11.8 Å². The molecule has 0 spiro atoms. The van der Waals surface area contributed by atoms with E-state index < -0.39 is 0 Å². The topological polar surface area (TPSA) is 49.4 Å². The van der Waals surface area contributed by atoms with E-state index in [0.717, 1.165) is 11.1 Å². The first-order valence-corrected chi connectivity index (χ1v) is 6.51. The second kappa shape index (κ2) is 4.53. The highest BCUT2D eigenvalue weighted by molar-refractivity contribution is 5.88. The first kappa shape index (κ1) is 12.0. The molecule has 1 N–H and O–H groups in total. The van der Waals surface area contributed by atoms with Crippen molar-refractivity contribution in [1.82, 2.24) is 10.2 Å². The summed E-state index contributed by atoms with van der Waals surface area (Å²) in [4.78, 5) is 25.0. The van der Waals surface area contributed by atoms with E-state index in [0.29, 0.717) is 13.0 Å². The maximum atomic E-state index is 12.4. The quantitative estimate of drug-likeness (QED) is 0.816. The predicted octanol–water partition coefficient (Wildman–Crippen LogP) is 1.52. The van der Waals surface area contributed by atoms with E-state index in [9.17, 15) is 9.59 Å². The van der Waals surface area contributed by atoms with Crippen LogP contribution in [0.3, 0.4) is 0 Å². The van der Waals surface area contributed by atoms with Crippen molar-refractivity contribution < 1.29 is 9.59 Å². The number of benzene rings is 1. The van der Waals surface area contributed by atoms with E-state index in [2.05, 4.69) is 5.32 Å². The van der Waals surface area contributed by atoms with Crippen molar-refractivity contribution in [2.75, 3.05) is 0 Å².